The fraction of sp³-hybridized carbons (Fsp3) is 0.700. The van der Waals surface area contributed by atoms with Crippen molar-refractivity contribution in [1.29, 1.82) is 5.26 Å². The highest BCUT2D eigenvalue weighted by molar-refractivity contribution is 6.27. The van der Waals surface area contributed by atoms with Gasteiger partial charge in [0.25, 0.3) is 0 Å². The molecule has 3 heteroatoms. The van der Waals surface area contributed by atoms with Gasteiger partial charge in [0.15, 0.2) is 4.87 Å². The van der Waals surface area contributed by atoms with Crippen molar-refractivity contribution in [1.82, 2.24) is 0 Å². The Labute approximate surface area is 83.1 Å². The molecule has 0 aromatic carbocycles. The molecule has 0 aromatic heterocycles. The molecule has 0 radical (unpaired) electrons. The maximum Gasteiger partial charge on any atom is 0.163 e. The predicted octanol–water partition coefficient (Wildman–Crippen LogP) is 2.24. The summed E-state index contributed by atoms with van der Waals surface area (Å²) < 4.78 is 5.43. The number of rotatable bonds is 1. The Bertz CT molecular complexity index is 296. The molecule has 0 aromatic rings. The Morgan fingerprint density at radius 1 is 1.69 bits per heavy atom. The number of halogens is 1. The molecule has 3 rings (SSSR count). The molecule has 0 unspecified atom stereocenters. The molecule has 3 aliphatic rings. The van der Waals surface area contributed by atoms with Gasteiger partial charge in [0.1, 0.15) is 5.60 Å². The first-order chi connectivity index (χ1) is 6.16. The summed E-state index contributed by atoms with van der Waals surface area (Å²) in [6.07, 6.45) is 6.77. The third-order valence-corrected chi connectivity index (χ3v) is 3.84. The average molecular weight is 198 g/mol. The number of nitriles is 1. The van der Waals surface area contributed by atoms with Gasteiger partial charge in [0, 0.05) is 7.11 Å². The minimum atomic E-state index is -0.848. The summed E-state index contributed by atoms with van der Waals surface area (Å²) in [5.74, 6) is 0.467. The Morgan fingerprint density at radius 2 is 2.46 bits per heavy atom. The van der Waals surface area contributed by atoms with Crippen LogP contribution in [-0.4, -0.2) is 17.6 Å². The topological polar surface area (TPSA) is 33.0 Å². The van der Waals surface area contributed by atoms with E-state index < -0.39 is 10.5 Å². The molecule has 2 bridgehead atoms. The standard InChI is InChI=1S/C10H12ClNO/c1-13-10-4-2-8(3-5-10)6-9(10,11)7-12/h2,4,8H,3,5-6H2,1H3/t8-,9+,10-/m0/s1. The van der Waals surface area contributed by atoms with E-state index in [0.29, 0.717) is 5.92 Å². The second-order valence-corrected chi connectivity index (χ2v) is 4.51. The summed E-state index contributed by atoms with van der Waals surface area (Å²) in [5.41, 5.74) is -0.544. The molecule has 0 saturated heterocycles. The molecule has 1 saturated carbocycles. The fourth-order valence-electron chi connectivity index (χ4n) is 2.38. The van der Waals surface area contributed by atoms with Crippen molar-refractivity contribution in [2.24, 2.45) is 5.92 Å². The smallest absolute Gasteiger partial charge is 0.163 e. The van der Waals surface area contributed by atoms with Gasteiger partial charge in [-0.05, 0) is 25.2 Å². The summed E-state index contributed by atoms with van der Waals surface area (Å²) in [6, 6.07) is 2.19. The third-order valence-electron chi connectivity index (χ3n) is 3.28. The maximum absolute atomic E-state index is 9.07. The number of methoxy groups -OCH3 is 1. The van der Waals surface area contributed by atoms with Crippen LogP contribution in [0.1, 0.15) is 19.3 Å². The molecule has 3 aliphatic carbocycles. The van der Waals surface area contributed by atoms with Crippen LogP contribution in [0.25, 0.3) is 0 Å². The van der Waals surface area contributed by atoms with Crippen molar-refractivity contribution >= 4 is 11.6 Å². The van der Waals surface area contributed by atoms with Gasteiger partial charge in [-0.1, -0.05) is 23.8 Å². The van der Waals surface area contributed by atoms with Gasteiger partial charge in [0.2, 0.25) is 0 Å². The lowest BCUT2D eigenvalue weighted by molar-refractivity contribution is -0.0304. The monoisotopic (exact) mass is 197 g/mol. The molecule has 0 aliphatic heterocycles. The van der Waals surface area contributed by atoms with Crippen LogP contribution < -0.4 is 0 Å². The average Bonchev–Trinajstić information content (AvgIpc) is 2.19. The zero-order valence-corrected chi connectivity index (χ0v) is 8.34. The maximum atomic E-state index is 9.07. The van der Waals surface area contributed by atoms with E-state index in [9.17, 15) is 0 Å². The highest BCUT2D eigenvalue weighted by Gasteiger charge is 2.56. The van der Waals surface area contributed by atoms with Gasteiger partial charge in [-0.25, -0.2) is 0 Å². The van der Waals surface area contributed by atoms with Crippen molar-refractivity contribution in [3.05, 3.63) is 12.2 Å². The first-order valence-electron chi connectivity index (χ1n) is 4.50. The summed E-state index contributed by atoms with van der Waals surface area (Å²) >= 11 is 6.28. The first kappa shape index (κ1) is 9.05. The summed E-state index contributed by atoms with van der Waals surface area (Å²) in [5, 5.41) is 9.07. The second kappa shape index (κ2) is 2.73. The molecule has 0 spiro atoms. The Morgan fingerprint density at radius 3 is 2.85 bits per heavy atom. The Balaban J connectivity index is 2.45. The molecule has 1 fully saturated rings. The summed E-state index contributed by atoms with van der Waals surface area (Å²) in [4.78, 5) is -0.848. The van der Waals surface area contributed by atoms with E-state index in [-0.39, 0.29) is 0 Å². The second-order valence-electron chi connectivity index (χ2n) is 3.87. The van der Waals surface area contributed by atoms with Gasteiger partial charge >= 0.3 is 0 Å². The van der Waals surface area contributed by atoms with Gasteiger partial charge < -0.3 is 4.74 Å². The van der Waals surface area contributed by atoms with Crippen LogP contribution in [0.2, 0.25) is 0 Å². The van der Waals surface area contributed by atoms with Crippen LogP contribution in [0.3, 0.4) is 0 Å². The SMILES string of the molecule is CO[C@@]12C=C[C@@H](CC1)C[C@@]2(Cl)C#N. The van der Waals surface area contributed by atoms with Gasteiger partial charge in [-0.3, -0.25) is 0 Å². The lowest BCUT2D eigenvalue weighted by atomic mass is 9.66. The van der Waals surface area contributed by atoms with E-state index in [4.69, 9.17) is 21.6 Å². The number of ether oxygens (including phenoxy) is 1. The Hall–Kier alpha value is -0.520. The van der Waals surface area contributed by atoms with E-state index in [1.165, 1.54) is 0 Å². The van der Waals surface area contributed by atoms with Crippen LogP contribution in [0, 0.1) is 17.2 Å². The minimum Gasteiger partial charge on any atom is -0.371 e. The van der Waals surface area contributed by atoms with E-state index in [1.807, 2.05) is 6.08 Å². The van der Waals surface area contributed by atoms with E-state index in [0.717, 1.165) is 19.3 Å². The predicted molar refractivity (Wildman–Crippen MR) is 50.4 cm³/mol. The number of hydrogen-bond acceptors (Lipinski definition) is 2. The molecule has 0 amide bonds. The molecular weight excluding hydrogens is 186 g/mol. The quantitative estimate of drug-likeness (QED) is 0.477. The number of hydrogen-bond donors (Lipinski definition) is 0. The van der Waals surface area contributed by atoms with Crippen molar-refractivity contribution in [3.63, 3.8) is 0 Å². The first-order valence-corrected chi connectivity index (χ1v) is 4.88. The number of fused-ring (bicyclic) bond motifs is 2. The lowest BCUT2D eigenvalue weighted by Gasteiger charge is -2.48. The zero-order chi connectivity index (χ0) is 9.53. The third kappa shape index (κ3) is 1.04. The normalized spacial score (nSPS) is 47.6. The summed E-state index contributed by atoms with van der Waals surface area (Å²) in [6.45, 7) is 0. The van der Waals surface area contributed by atoms with Crippen molar-refractivity contribution < 1.29 is 4.74 Å². The van der Waals surface area contributed by atoms with Crippen LogP contribution in [0.15, 0.2) is 12.2 Å². The van der Waals surface area contributed by atoms with Crippen molar-refractivity contribution in [3.8, 4) is 6.07 Å². The van der Waals surface area contributed by atoms with E-state index in [2.05, 4.69) is 12.1 Å². The molecule has 2 nitrogen and oxygen atoms in total. The Kier molecular flexibility index (Phi) is 1.90. The van der Waals surface area contributed by atoms with Crippen LogP contribution in [0.5, 0.6) is 0 Å². The van der Waals surface area contributed by atoms with Crippen LogP contribution in [-0.2, 0) is 4.74 Å². The number of alkyl halides is 1. The highest BCUT2D eigenvalue weighted by Crippen LogP contribution is 2.51. The molecule has 0 heterocycles. The molecule has 3 atom stereocenters. The fourth-order valence-corrected chi connectivity index (χ4v) is 2.81. The van der Waals surface area contributed by atoms with Crippen LogP contribution >= 0.6 is 11.6 Å². The highest BCUT2D eigenvalue weighted by atomic mass is 35.5. The molecule has 70 valence electrons. The van der Waals surface area contributed by atoms with Crippen molar-refractivity contribution in [2.75, 3.05) is 7.11 Å². The number of nitrogens with zero attached hydrogens (tertiary/aromatic N) is 1. The van der Waals surface area contributed by atoms with Crippen molar-refractivity contribution in [2.45, 2.75) is 29.7 Å². The summed E-state index contributed by atoms with van der Waals surface area (Å²) in [7, 11) is 1.63. The lowest BCUT2D eigenvalue weighted by Crippen LogP contribution is -2.55. The van der Waals surface area contributed by atoms with Gasteiger partial charge in [-0.15, -0.1) is 0 Å². The molecule has 0 N–H and O–H groups in total. The largest absolute Gasteiger partial charge is 0.371 e. The van der Waals surface area contributed by atoms with E-state index in [1.54, 1.807) is 7.11 Å². The minimum absolute atomic E-state index is 0.467. The molecular formula is C10H12ClNO. The van der Waals surface area contributed by atoms with Crippen LogP contribution in [0.4, 0.5) is 0 Å². The van der Waals surface area contributed by atoms with Gasteiger partial charge in [0.05, 0.1) is 6.07 Å². The van der Waals surface area contributed by atoms with Gasteiger partial charge in [-0.2, -0.15) is 5.26 Å². The molecule has 13 heavy (non-hydrogen) atoms. The van der Waals surface area contributed by atoms with E-state index >= 15 is 0 Å². The number of allylic oxidation sites excluding steroid dienone is 1. The zero-order valence-electron chi connectivity index (χ0n) is 7.59.